The predicted molar refractivity (Wildman–Crippen MR) is 87.0 cm³/mol. The van der Waals surface area contributed by atoms with Crippen LogP contribution in [0.2, 0.25) is 10.0 Å². The molecular weight excluding hydrogens is 323 g/mol. The summed E-state index contributed by atoms with van der Waals surface area (Å²) in [4.78, 5) is 16.1. The van der Waals surface area contributed by atoms with Gasteiger partial charge in [-0.25, -0.2) is 0 Å². The van der Waals surface area contributed by atoms with E-state index in [1.165, 1.54) is 12.1 Å². The molecule has 4 nitrogen and oxygen atoms in total. The zero-order chi connectivity index (χ0) is 15.9. The molecule has 0 aliphatic carbocycles. The number of pyridine rings is 1. The Hall–Kier alpha value is -1.62. The molecule has 116 valence electrons. The lowest BCUT2D eigenvalue weighted by atomic mass is 10.1. The highest BCUT2D eigenvalue weighted by Crippen LogP contribution is 2.23. The third-order valence-electron chi connectivity index (χ3n) is 3.08. The molecule has 2 N–H and O–H groups in total. The highest BCUT2D eigenvalue weighted by molar-refractivity contribution is 6.34. The van der Waals surface area contributed by atoms with Gasteiger partial charge in [-0.1, -0.05) is 29.3 Å². The van der Waals surface area contributed by atoms with Gasteiger partial charge in [0.05, 0.1) is 0 Å². The van der Waals surface area contributed by atoms with Crippen LogP contribution in [-0.2, 0) is 11.2 Å². The minimum absolute atomic E-state index is 0.375. The van der Waals surface area contributed by atoms with Crippen molar-refractivity contribution in [3.8, 4) is 0 Å². The van der Waals surface area contributed by atoms with E-state index in [0.717, 1.165) is 18.5 Å². The van der Waals surface area contributed by atoms with Gasteiger partial charge >= 0.3 is 0 Å². The fourth-order valence-corrected chi connectivity index (χ4v) is 2.55. The lowest BCUT2D eigenvalue weighted by molar-refractivity contribution is -0.129. The van der Waals surface area contributed by atoms with E-state index in [1.54, 1.807) is 12.3 Å². The van der Waals surface area contributed by atoms with Crippen LogP contribution in [0.15, 0.2) is 42.6 Å². The van der Waals surface area contributed by atoms with E-state index >= 15 is 0 Å². The molecule has 0 radical (unpaired) electrons. The Labute approximate surface area is 139 Å². The number of nitrogens with one attached hydrogen (secondary N) is 1. The summed E-state index contributed by atoms with van der Waals surface area (Å²) in [6, 6.07) is 10.3. The second kappa shape index (κ2) is 8.13. The first-order chi connectivity index (χ1) is 10.6. The second-order valence-electron chi connectivity index (χ2n) is 4.82. The normalized spacial score (nSPS) is 12.0. The largest absolute Gasteiger partial charge is 0.378 e. The van der Waals surface area contributed by atoms with Crippen molar-refractivity contribution in [1.29, 1.82) is 0 Å². The maximum Gasteiger partial charge on any atom is 0.253 e. The van der Waals surface area contributed by atoms with Crippen LogP contribution in [-0.4, -0.2) is 22.5 Å². The maximum absolute atomic E-state index is 11.9. The Morgan fingerprint density at radius 3 is 2.59 bits per heavy atom. The molecule has 0 aliphatic rings. The predicted octanol–water partition coefficient (Wildman–Crippen LogP) is 3.17. The Kier molecular flexibility index (Phi) is 6.19. The number of aromatic nitrogens is 1. The monoisotopic (exact) mass is 338 g/mol. The molecule has 22 heavy (non-hydrogen) atoms. The Morgan fingerprint density at radius 1 is 1.23 bits per heavy atom. The van der Waals surface area contributed by atoms with E-state index in [0.29, 0.717) is 22.2 Å². The van der Waals surface area contributed by atoms with Gasteiger partial charge in [-0.05, 0) is 48.7 Å². The average molecular weight is 339 g/mol. The van der Waals surface area contributed by atoms with Gasteiger partial charge < -0.3 is 10.4 Å². The number of carbonyl (C=O) groups excluding carboxylic acids is 1. The lowest BCUT2D eigenvalue weighted by Crippen LogP contribution is -2.30. The first kappa shape index (κ1) is 16.7. The van der Waals surface area contributed by atoms with Crippen molar-refractivity contribution >= 4 is 29.1 Å². The van der Waals surface area contributed by atoms with Gasteiger partial charge in [0, 0.05) is 28.5 Å². The number of rotatable bonds is 6. The van der Waals surface area contributed by atoms with Crippen molar-refractivity contribution in [2.75, 3.05) is 6.54 Å². The molecule has 2 rings (SSSR count). The van der Waals surface area contributed by atoms with Crippen molar-refractivity contribution in [3.63, 3.8) is 0 Å². The van der Waals surface area contributed by atoms with Crippen LogP contribution in [0.5, 0.6) is 0 Å². The van der Waals surface area contributed by atoms with Gasteiger partial charge in [0.2, 0.25) is 0 Å². The van der Waals surface area contributed by atoms with Gasteiger partial charge in [-0.3, -0.25) is 9.78 Å². The smallest absolute Gasteiger partial charge is 0.253 e. The number of hydrogen-bond acceptors (Lipinski definition) is 3. The molecule has 1 heterocycles. The molecule has 1 atom stereocenters. The molecule has 1 unspecified atom stereocenters. The van der Waals surface area contributed by atoms with Gasteiger partial charge in [0.15, 0.2) is 6.10 Å². The van der Waals surface area contributed by atoms with Crippen molar-refractivity contribution < 1.29 is 9.90 Å². The van der Waals surface area contributed by atoms with Crippen LogP contribution in [0.3, 0.4) is 0 Å². The molecule has 1 aromatic carbocycles. The molecule has 0 fully saturated rings. The minimum atomic E-state index is -1.29. The topological polar surface area (TPSA) is 62.2 Å². The summed E-state index contributed by atoms with van der Waals surface area (Å²) in [5.41, 5.74) is 1.35. The van der Waals surface area contributed by atoms with Crippen molar-refractivity contribution in [2.24, 2.45) is 0 Å². The number of aliphatic hydroxyl groups is 1. The van der Waals surface area contributed by atoms with Gasteiger partial charge in [0.25, 0.3) is 5.91 Å². The first-order valence-corrected chi connectivity index (χ1v) is 7.63. The summed E-state index contributed by atoms with van der Waals surface area (Å²) in [7, 11) is 0. The third-order valence-corrected chi connectivity index (χ3v) is 3.52. The number of nitrogens with zero attached hydrogens (tertiary/aromatic N) is 1. The average Bonchev–Trinajstić information content (AvgIpc) is 2.50. The number of amides is 1. The van der Waals surface area contributed by atoms with Crippen LogP contribution in [0.1, 0.15) is 23.8 Å². The first-order valence-electron chi connectivity index (χ1n) is 6.88. The number of aryl methyl sites for hydroxylation is 1. The van der Waals surface area contributed by atoms with E-state index < -0.39 is 12.0 Å². The van der Waals surface area contributed by atoms with Crippen molar-refractivity contribution in [1.82, 2.24) is 10.3 Å². The van der Waals surface area contributed by atoms with Crippen LogP contribution >= 0.6 is 23.2 Å². The summed E-state index contributed by atoms with van der Waals surface area (Å²) in [5.74, 6) is -0.473. The summed E-state index contributed by atoms with van der Waals surface area (Å²) in [6.07, 6.45) is 1.96. The fourth-order valence-electron chi connectivity index (χ4n) is 2.01. The zero-order valence-electron chi connectivity index (χ0n) is 11.8. The van der Waals surface area contributed by atoms with Gasteiger partial charge in [0.1, 0.15) is 0 Å². The molecule has 2 aromatic rings. The fraction of sp³-hybridized carbons (Fsp3) is 0.250. The highest BCUT2D eigenvalue weighted by Gasteiger charge is 2.17. The van der Waals surface area contributed by atoms with Crippen LogP contribution in [0.25, 0.3) is 0 Å². The Balaban J connectivity index is 1.81. The molecular formula is C16H16Cl2N2O2. The van der Waals surface area contributed by atoms with Gasteiger partial charge in [-0.2, -0.15) is 0 Å². The number of benzene rings is 1. The lowest BCUT2D eigenvalue weighted by Gasteiger charge is -2.12. The third kappa shape index (κ3) is 4.98. The minimum Gasteiger partial charge on any atom is -0.378 e. The molecule has 1 amide bonds. The zero-order valence-corrected chi connectivity index (χ0v) is 13.3. The highest BCUT2D eigenvalue weighted by atomic mass is 35.5. The number of aliphatic hydroxyl groups excluding tert-OH is 1. The van der Waals surface area contributed by atoms with Crippen LogP contribution in [0.4, 0.5) is 0 Å². The molecule has 0 bridgehead atoms. The van der Waals surface area contributed by atoms with E-state index in [4.69, 9.17) is 23.2 Å². The van der Waals surface area contributed by atoms with Gasteiger partial charge in [-0.15, -0.1) is 0 Å². The van der Waals surface area contributed by atoms with Crippen LogP contribution in [0, 0.1) is 0 Å². The Bertz CT molecular complexity index is 615. The summed E-state index contributed by atoms with van der Waals surface area (Å²) >= 11 is 11.7. The molecule has 0 saturated heterocycles. The van der Waals surface area contributed by atoms with E-state index in [2.05, 4.69) is 10.3 Å². The molecule has 1 aromatic heterocycles. The summed E-state index contributed by atoms with van der Waals surface area (Å²) in [6.45, 7) is 0.459. The summed E-state index contributed by atoms with van der Waals surface area (Å²) in [5, 5.41) is 13.5. The standard InChI is InChI=1S/C16H16Cl2N2O2/c17-12-8-11(9-13(18)10-12)15(21)16(22)20-7-3-5-14-4-1-2-6-19-14/h1-2,4,6,8-10,15,21H,3,5,7H2,(H,20,22). The maximum atomic E-state index is 11.9. The van der Waals surface area contributed by atoms with E-state index in [-0.39, 0.29) is 0 Å². The molecule has 0 saturated carbocycles. The molecule has 6 heteroatoms. The van der Waals surface area contributed by atoms with Crippen molar-refractivity contribution in [2.45, 2.75) is 18.9 Å². The second-order valence-corrected chi connectivity index (χ2v) is 5.69. The van der Waals surface area contributed by atoms with E-state index in [9.17, 15) is 9.90 Å². The summed E-state index contributed by atoms with van der Waals surface area (Å²) < 4.78 is 0. The molecule has 0 aliphatic heterocycles. The molecule has 0 spiro atoms. The van der Waals surface area contributed by atoms with Crippen LogP contribution < -0.4 is 5.32 Å². The van der Waals surface area contributed by atoms with E-state index in [1.807, 2.05) is 18.2 Å². The Morgan fingerprint density at radius 2 is 1.95 bits per heavy atom. The number of halogens is 2. The number of carbonyl (C=O) groups is 1. The SMILES string of the molecule is O=C(NCCCc1ccccn1)C(O)c1cc(Cl)cc(Cl)c1. The van der Waals surface area contributed by atoms with Crippen molar-refractivity contribution in [3.05, 3.63) is 63.9 Å². The number of hydrogen-bond donors (Lipinski definition) is 2. The quantitative estimate of drug-likeness (QED) is 0.795.